The molecular formula is C16H15ClFNO. The normalized spacial score (nSPS) is 21.2. The number of hydrogen-bond donors (Lipinski definition) is 1. The van der Waals surface area contributed by atoms with Crippen molar-refractivity contribution in [2.45, 2.75) is 25.5 Å². The summed E-state index contributed by atoms with van der Waals surface area (Å²) in [4.78, 5) is 0. The van der Waals surface area contributed by atoms with E-state index in [0.717, 1.165) is 22.4 Å². The summed E-state index contributed by atoms with van der Waals surface area (Å²) < 4.78 is 19.5. The Labute approximate surface area is 122 Å². The lowest BCUT2D eigenvalue weighted by Gasteiger charge is -2.31. The molecule has 2 aromatic carbocycles. The zero-order valence-corrected chi connectivity index (χ0v) is 11.8. The Morgan fingerprint density at radius 1 is 1.25 bits per heavy atom. The van der Waals surface area contributed by atoms with E-state index in [0.29, 0.717) is 6.42 Å². The van der Waals surface area contributed by atoms with E-state index in [1.807, 2.05) is 25.1 Å². The minimum absolute atomic E-state index is 0.109. The van der Waals surface area contributed by atoms with Crippen molar-refractivity contribution >= 4 is 11.6 Å². The zero-order valence-electron chi connectivity index (χ0n) is 11.1. The highest BCUT2D eigenvalue weighted by molar-refractivity contribution is 6.30. The Morgan fingerprint density at radius 2 is 2.05 bits per heavy atom. The summed E-state index contributed by atoms with van der Waals surface area (Å²) in [6.07, 6.45) is 0.379. The zero-order chi connectivity index (χ0) is 14.3. The molecule has 0 radical (unpaired) electrons. The fraction of sp³-hybridized carbons (Fsp3) is 0.250. The van der Waals surface area contributed by atoms with Crippen molar-refractivity contribution in [1.29, 1.82) is 0 Å². The molecule has 1 aliphatic rings. The molecule has 1 heterocycles. The Bertz CT molecular complexity index is 659. The van der Waals surface area contributed by atoms with Crippen LogP contribution < -0.4 is 10.5 Å². The van der Waals surface area contributed by atoms with E-state index in [4.69, 9.17) is 22.1 Å². The molecule has 0 bridgehead atoms. The molecule has 0 saturated carbocycles. The lowest BCUT2D eigenvalue weighted by Crippen LogP contribution is -2.24. The molecule has 0 fully saturated rings. The van der Waals surface area contributed by atoms with Crippen molar-refractivity contribution in [3.05, 3.63) is 63.9 Å². The predicted octanol–water partition coefficient (Wildman–Crippen LogP) is 4.31. The molecule has 0 spiro atoms. The van der Waals surface area contributed by atoms with Gasteiger partial charge in [-0.3, -0.25) is 0 Å². The average Bonchev–Trinajstić information content (AvgIpc) is 2.42. The maximum absolute atomic E-state index is 13.6. The van der Waals surface area contributed by atoms with Gasteiger partial charge in [0.2, 0.25) is 0 Å². The number of aryl methyl sites for hydroxylation is 1. The minimum Gasteiger partial charge on any atom is -0.485 e. The first-order valence-corrected chi connectivity index (χ1v) is 6.90. The third kappa shape index (κ3) is 2.39. The van der Waals surface area contributed by atoms with Crippen molar-refractivity contribution in [3.63, 3.8) is 0 Å². The molecule has 4 heteroatoms. The van der Waals surface area contributed by atoms with Crippen LogP contribution in [0, 0.1) is 12.7 Å². The maximum atomic E-state index is 13.6. The molecule has 2 nitrogen and oxygen atoms in total. The number of benzene rings is 2. The molecule has 2 aromatic rings. The van der Waals surface area contributed by atoms with Crippen LogP contribution in [0.25, 0.3) is 0 Å². The van der Waals surface area contributed by atoms with Crippen molar-refractivity contribution in [2.75, 3.05) is 0 Å². The summed E-state index contributed by atoms with van der Waals surface area (Å²) in [6, 6.07) is 10.6. The number of nitrogens with two attached hydrogens (primary N) is 1. The molecule has 0 amide bonds. The second-order valence-electron chi connectivity index (χ2n) is 5.16. The largest absolute Gasteiger partial charge is 0.485 e. The summed E-state index contributed by atoms with van der Waals surface area (Å²) in [5, 5.41) is 0.116. The first kappa shape index (κ1) is 13.4. The quantitative estimate of drug-likeness (QED) is 0.849. The summed E-state index contributed by atoms with van der Waals surface area (Å²) in [5.74, 6) is 0.339. The molecule has 1 unspecified atom stereocenters. The summed E-state index contributed by atoms with van der Waals surface area (Å²) in [5.41, 5.74) is 9.13. The highest BCUT2D eigenvalue weighted by atomic mass is 35.5. The number of hydrogen-bond acceptors (Lipinski definition) is 2. The molecule has 104 valence electrons. The summed E-state index contributed by atoms with van der Waals surface area (Å²) in [7, 11) is 0. The van der Waals surface area contributed by atoms with E-state index < -0.39 is 5.82 Å². The van der Waals surface area contributed by atoms with E-state index in [1.54, 1.807) is 12.1 Å². The second-order valence-corrected chi connectivity index (χ2v) is 5.57. The Balaban J connectivity index is 1.94. The van der Waals surface area contributed by atoms with Crippen LogP contribution in [0.4, 0.5) is 4.39 Å². The van der Waals surface area contributed by atoms with Crippen LogP contribution >= 0.6 is 11.6 Å². The van der Waals surface area contributed by atoms with Crippen LogP contribution in [0.1, 0.15) is 35.3 Å². The van der Waals surface area contributed by atoms with Gasteiger partial charge >= 0.3 is 0 Å². The van der Waals surface area contributed by atoms with Gasteiger partial charge in [0, 0.05) is 18.0 Å². The van der Waals surface area contributed by atoms with Crippen LogP contribution in [0.2, 0.25) is 5.02 Å². The van der Waals surface area contributed by atoms with Crippen molar-refractivity contribution < 1.29 is 9.13 Å². The third-order valence-corrected chi connectivity index (χ3v) is 3.92. The van der Waals surface area contributed by atoms with Gasteiger partial charge in [0.1, 0.15) is 17.7 Å². The van der Waals surface area contributed by atoms with E-state index in [-0.39, 0.29) is 17.2 Å². The Kier molecular flexibility index (Phi) is 3.40. The Morgan fingerprint density at radius 3 is 2.80 bits per heavy atom. The van der Waals surface area contributed by atoms with E-state index in [9.17, 15) is 4.39 Å². The van der Waals surface area contributed by atoms with Gasteiger partial charge in [-0.1, -0.05) is 35.4 Å². The van der Waals surface area contributed by atoms with Gasteiger partial charge in [-0.2, -0.15) is 0 Å². The molecule has 3 rings (SSSR count). The van der Waals surface area contributed by atoms with Crippen molar-refractivity contribution in [3.8, 4) is 5.75 Å². The number of rotatable bonds is 1. The van der Waals surface area contributed by atoms with Crippen LogP contribution in [0.5, 0.6) is 5.75 Å². The predicted molar refractivity (Wildman–Crippen MR) is 77.5 cm³/mol. The number of fused-ring (bicyclic) bond motifs is 1. The molecule has 2 N–H and O–H groups in total. The fourth-order valence-corrected chi connectivity index (χ4v) is 2.66. The molecule has 0 aliphatic carbocycles. The molecule has 0 aromatic heterocycles. The molecular weight excluding hydrogens is 277 g/mol. The SMILES string of the molecule is Cc1ccc2c(c1)[C@H](N)CC(c1ccc(Cl)c(F)c1)O2. The van der Waals surface area contributed by atoms with Crippen LogP contribution in [-0.2, 0) is 0 Å². The van der Waals surface area contributed by atoms with Gasteiger partial charge in [-0.05, 0) is 30.7 Å². The molecule has 1 aliphatic heterocycles. The van der Waals surface area contributed by atoms with Gasteiger partial charge in [-0.25, -0.2) is 4.39 Å². The summed E-state index contributed by atoms with van der Waals surface area (Å²) in [6.45, 7) is 2.02. The minimum atomic E-state index is -0.434. The standard InChI is InChI=1S/C16H15ClFNO/c1-9-2-5-15-11(6-9)14(19)8-16(20-15)10-3-4-12(17)13(18)7-10/h2-7,14,16H,8,19H2,1H3/t14-,16?/m1/s1. The highest BCUT2D eigenvalue weighted by Crippen LogP contribution is 2.40. The van der Waals surface area contributed by atoms with Crippen molar-refractivity contribution in [2.24, 2.45) is 5.73 Å². The molecule has 2 atom stereocenters. The monoisotopic (exact) mass is 291 g/mol. The van der Waals surface area contributed by atoms with E-state index in [1.165, 1.54) is 6.07 Å². The highest BCUT2D eigenvalue weighted by Gasteiger charge is 2.27. The van der Waals surface area contributed by atoms with Crippen LogP contribution in [0.15, 0.2) is 36.4 Å². The summed E-state index contributed by atoms with van der Waals surface area (Å²) >= 11 is 5.71. The smallest absolute Gasteiger partial charge is 0.142 e. The van der Waals surface area contributed by atoms with E-state index in [2.05, 4.69) is 0 Å². The first-order chi connectivity index (χ1) is 9.54. The molecule has 20 heavy (non-hydrogen) atoms. The number of ether oxygens (including phenoxy) is 1. The maximum Gasteiger partial charge on any atom is 0.142 e. The molecule has 0 saturated heterocycles. The lowest BCUT2D eigenvalue weighted by molar-refractivity contribution is 0.161. The van der Waals surface area contributed by atoms with Crippen LogP contribution in [-0.4, -0.2) is 0 Å². The fourth-order valence-electron chi connectivity index (χ4n) is 2.54. The van der Waals surface area contributed by atoms with Gasteiger partial charge in [0.25, 0.3) is 0 Å². The van der Waals surface area contributed by atoms with Gasteiger partial charge in [0.15, 0.2) is 0 Å². The average molecular weight is 292 g/mol. The van der Waals surface area contributed by atoms with Gasteiger partial charge in [-0.15, -0.1) is 0 Å². The first-order valence-electron chi connectivity index (χ1n) is 6.52. The number of halogens is 2. The third-order valence-electron chi connectivity index (χ3n) is 3.62. The van der Waals surface area contributed by atoms with E-state index >= 15 is 0 Å². The van der Waals surface area contributed by atoms with Crippen molar-refractivity contribution in [1.82, 2.24) is 0 Å². The lowest BCUT2D eigenvalue weighted by atomic mass is 9.92. The Hall–Kier alpha value is -1.58. The van der Waals surface area contributed by atoms with Gasteiger partial charge < -0.3 is 10.5 Å². The topological polar surface area (TPSA) is 35.2 Å². The van der Waals surface area contributed by atoms with Crippen LogP contribution in [0.3, 0.4) is 0 Å². The second kappa shape index (κ2) is 5.08. The van der Waals surface area contributed by atoms with Gasteiger partial charge in [0.05, 0.1) is 5.02 Å².